The largest absolute Gasteiger partial charge is 0.368 e. The Balaban J connectivity index is 2.41. The average Bonchev–Trinajstić information content (AvgIpc) is 2.70. The highest BCUT2D eigenvalue weighted by Gasteiger charge is 2.29. The van der Waals surface area contributed by atoms with Gasteiger partial charge in [0.2, 0.25) is 5.91 Å². The van der Waals surface area contributed by atoms with Gasteiger partial charge in [0.15, 0.2) is 0 Å². The zero-order valence-electron chi connectivity index (χ0n) is 13.2. The first-order valence-corrected chi connectivity index (χ1v) is 7.45. The number of primary amides is 1. The topological polar surface area (TPSA) is 72.9 Å². The van der Waals surface area contributed by atoms with Gasteiger partial charge in [0.1, 0.15) is 0 Å². The summed E-state index contributed by atoms with van der Waals surface area (Å²) < 4.78 is 2.02. The molecular formula is C15H28N4O. The van der Waals surface area contributed by atoms with E-state index in [1.807, 2.05) is 18.5 Å². The molecule has 5 heteroatoms. The summed E-state index contributed by atoms with van der Waals surface area (Å²) in [6, 6.07) is 2.08. The Morgan fingerprint density at radius 2 is 2.15 bits per heavy atom. The zero-order valence-corrected chi connectivity index (χ0v) is 13.2. The number of nitrogens with two attached hydrogens (primary N) is 1. The smallest absolute Gasteiger partial charge is 0.237 e. The van der Waals surface area contributed by atoms with Crippen LogP contribution < -0.4 is 11.1 Å². The molecule has 0 aliphatic heterocycles. The molecule has 0 aliphatic rings. The first kappa shape index (κ1) is 16.7. The maximum absolute atomic E-state index is 11.6. The van der Waals surface area contributed by atoms with Crippen molar-refractivity contribution in [2.75, 3.05) is 6.54 Å². The predicted octanol–water partition coefficient (Wildman–Crippen LogP) is 1.91. The lowest BCUT2D eigenvalue weighted by atomic mass is 9.93. The molecule has 20 heavy (non-hydrogen) atoms. The van der Waals surface area contributed by atoms with Gasteiger partial charge >= 0.3 is 0 Å². The number of hydrogen-bond donors (Lipinski definition) is 2. The molecule has 1 unspecified atom stereocenters. The number of nitrogens with one attached hydrogen (secondary N) is 1. The predicted molar refractivity (Wildman–Crippen MR) is 81.4 cm³/mol. The van der Waals surface area contributed by atoms with Crippen LogP contribution in [-0.2, 0) is 11.3 Å². The van der Waals surface area contributed by atoms with Gasteiger partial charge in [0, 0.05) is 12.2 Å². The maximum Gasteiger partial charge on any atom is 0.237 e. The van der Waals surface area contributed by atoms with Gasteiger partial charge in [-0.1, -0.05) is 6.92 Å². The van der Waals surface area contributed by atoms with E-state index in [0.29, 0.717) is 0 Å². The second-order valence-corrected chi connectivity index (χ2v) is 5.73. The van der Waals surface area contributed by atoms with Crippen molar-refractivity contribution in [1.82, 2.24) is 15.1 Å². The van der Waals surface area contributed by atoms with Gasteiger partial charge in [-0.2, -0.15) is 5.10 Å². The number of rotatable bonds is 9. The molecule has 0 spiro atoms. The molecule has 1 aromatic heterocycles. The van der Waals surface area contributed by atoms with Gasteiger partial charge in [-0.15, -0.1) is 0 Å². The van der Waals surface area contributed by atoms with Gasteiger partial charge in [-0.05, 0) is 59.1 Å². The van der Waals surface area contributed by atoms with E-state index < -0.39 is 5.54 Å². The van der Waals surface area contributed by atoms with Crippen LogP contribution in [0.2, 0.25) is 0 Å². The number of carbonyl (C=O) groups excluding carboxylic acids is 1. The van der Waals surface area contributed by atoms with Crippen LogP contribution in [0.15, 0.2) is 6.07 Å². The number of aromatic nitrogens is 2. The van der Waals surface area contributed by atoms with Crippen LogP contribution in [0.5, 0.6) is 0 Å². The molecule has 1 aromatic rings. The summed E-state index contributed by atoms with van der Waals surface area (Å²) in [5.41, 5.74) is 7.16. The van der Waals surface area contributed by atoms with Crippen molar-refractivity contribution in [2.24, 2.45) is 5.73 Å². The number of nitrogens with zero attached hydrogens (tertiary/aromatic N) is 2. The van der Waals surface area contributed by atoms with E-state index in [0.717, 1.165) is 44.5 Å². The third kappa shape index (κ3) is 4.63. The fourth-order valence-electron chi connectivity index (χ4n) is 2.34. The summed E-state index contributed by atoms with van der Waals surface area (Å²) >= 11 is 0. The lowest BCUT2D eigenvalue weighted by Crippen LogP contribution is -2.53. The molecule has 0 radical (unpaired) electrons. The molecule has 0 aliphatic carbocycles. The van der Waals surface area contributed by atoms with E-state index in [1.165, 1.54) is 5.69 Å². The molecule has 3 N–H and O–H groups in total. The van der Waals surface area contributed by atoms with Crippen LogP contribution in [0.25, 0.3) is 0 Å². The number of amides is 1. The molecule has 0 aromatic carbocycles. The quantitative estimate of drug-likeness (QED) is 0.679. The SMILES string of the molecule is CCCNC(C)(CCCCn1nc(C)cc1C)C(N)=O. The van der Waals surface area contributed by atoms with Crippen molar-refractivity contribution >= 4 is 5.91 Å². The first-order chi connectivity index (χ1) is 9.39. The Morgan fingerprint density at radius 1 is 1.45 bits per heavy atom. The van der Waals surface area contributed by atoms with Crippen LogP contribution >= 0.6 is 0 Å². The second-order valence-electron chi connectivity index (χ2n) is 5.73. The standard InChI is InChI=1S/C15H28N4O/c1-5-9-17-15(4,14(16)20)8-6-7-10-19-13(3)11-12(2)18-19/h11,17H,5-10H2,1-4H3,(H2,16,20). The van der Waals surface area contributed by atoms with Crippen molar-refractivity contribution in [3.8, 4) is 0 Å². The molecule has 0 saturated carbocycles. The van der Waals surface area contributed by atoms with Crippen molar-refractivity contribution in [1.29, 1.82) is 0 Å². The van der Waals surface area contributed by atoms with Crippen molar-refractivity contribution in [2.45, 2.75) is 65.5 Å². The maximum atomic E-state index is 11.6. The van der Waals surface area contributed by atoms with Crippen molar-refractivity contribution in [3.63, 3.8) is 0 Å². The number of carbonyl (C=O) groups is 1. The van der Waals surface area contributed by atoms with E-state index in [2.05, 4.69) is 30.3 Å². The highest BCUT2D eigenvalue weighted by Crippen LogP contribution is 2.14. The highest BCUT2D eigenvalue weighted by molar-refractivity contribution is 5.84. The zero-order chi connectivity index (χ0) is 15.2. The second kappa shape index (κ2) is 7.43. The van der Waals surface area contributed by atoms with E-state index in [4.69, 9.17) is 5.73 Å². The third-order valence-corrected chi connectivity index (χ3v) is 3.71. The summed E-state index contributed by atoms with van der Waals surface area (Å²) in [7, 11) is 0. The highest BCUT2D eigenvalue weighted by atomic mass is 16.1. The van der Waals surface area contributed by atoms with Gasteiger partial charge in [-0.25, -0.2) is 0 Å². The normalized spacial score (nSPS) is 14.2. The molecule has 114 valence electrons. The van der Waals surface area contributed by atoms with Gasteiger partial charge in [0.25, 0.3) is 0 Å². The van der Waals surface area contributed by atoms with Gasteiger partial charge < -0.3 is 11.1 Å². The Morgan fingerprint density at radius 3 is 2.65 bits per heavy atom. The summed E-state index contributed by atoms with van der Waals surface area (Å²) in [6.07, 6.45) is 3.71. The molecule has 1 atom stereocenters. The van der Waals surface area contributed by atoms with Crippen molar-refractivity contribution in [3.05, 3.63) is 17.5 Å². The summed E-state index contributed by atoms with van der Waals surface area (Å²) in [5.74, 6) is -0.267. The minimum atomic E-state index is -0.592. The fraction of sp³-hybridized carbons (Fsp3) is 0.733. The third-order valence-electron chi connectivity index (χ3n) is 3.71. The van der Waals surface area contributed by atoms with Crippen molar-refractivity contribution < 1.29 is 4.79 Å². The molecule has 1 rings (SSSR count). The molecule has 0 bridgehead atoms. The first-order valence-electron chi connectivity index (χ1n) is 7.45. The van der Waals surface area contributed by atoms with Crippen LogP contribution in [0.3, 0.4) is 0 Å². The van der Waals surface area contributed by atoms with Gasteiger partial charge in [0.05, 0.1) is 11.2 Å². The molecule has 0 saturated heterocycles. The molecule has 5 nitrogen and oxygen atoms in total. The molecule has 1 amide bonds. The minimum absolute atomic E-state index is 0.267. The Bertz CT molecular complexity index is 441. The lowest BCUT2D eigenvalue weighted by Gasteiger charge is -2.27. The minimum Gasteiger partial charge on any atom is -0.368 e. The molecule has 0 fully saturated rings. The summed E-state index contributed by atoms with van der Waals surface area (Å²) in [4.78, 5) is 11.6. The lowest BCUT2D eigenvalue weighted by molar-refractivity contribution is -0.124. The Kier molecular flexibility index (Phi) is 6.20. The van der Waals surface area contributed by atoms with Crippen LogP contribution in [0.4, 0.5) is 0 Å². The van der Waals surface area contributed by atoms with E-state index in [1.54, 1.807) is 0 Å². The average molecular weight is 280 g/mol. The van der Waals surface area contributed by atoms with Gasteiger partial charge in [-0.3, -0.25) is 9.48 Å². The van der Waals surface area contributed by atoms with Crippen LogP contribution in [0.1, 0.15) is 50.9 Å². The van der Waals surface area contributed by atoms with E-state index in [-0.39, 0.29) is 5.91 Å². The summed E-state index contributed by atoms with van der Waals surface area (Å²) in [6.45, 7) is 9.75. The number of hydrogen-bond acceptors (Lipinski definition) is 3. The Labute approximate surface area is 121 Å². The molecular weight excluding hydrogens is 252 g/mol. The number of aryl methyl sites for hydroxylation is 3. The Hall–Kier alpha value is -1.36. The van der Waals surface area contributed by atoms with E-state index >= 15 is 0 Å². The van der Waals surface area contributed by atoms with Crippen LogP contribution in [-0.4, -0.2) is 27.8 Å². The summed E-state index contributed by atoms with van der Waals surface area (Å²) in [5, 5.41) is 7.70. The van der Waals surface area contributed by atoms with E-state index in [9.17, 15) is 4.79 Å². The monoisotopic (exact) mass is 280 g/mol. The number of unbranched alkanes of at least 4 members (excludes halogenated alkanes) is 1. The fourth-order valence-corrected chi connectivity index (χ4v) is 2.34. The van der Waals surface area contributed by atoms with Crippen LogP contribution in [0, 0.1) is 13.8 Å². The molecule has 1 heterocycles.